The number of hydrogen-bond acceptors (Lipinski definition) is 2. The molecule has 94 valence electrons. The predicted octanol–water partition coefficient (Wildman–Crippen LogP) is 2.42. The van der Waals surface area contributed by atoms with Crippen LogP contribution in [0.3, 0.4) is 0 Å². The molecule has 3 heterocycles. The smallest absolute Gasteiger partial charge is 0.326 e. The van der Waals surface area contributed by atoms with Gasteiger partial charge in [0.25, 0.3) is 0 Å². The van der Waals surface area contributed by atoms with E-state index in [4.69, 9.17) is 0 Å². The van der Waals surface area contributed by atoms with Gasteiger partial charge in [-0.25, -0.2) is 9.78 Å². The molecule has 0 fully saturated rings. The predicted molar refractivity (Wildman–Crippen MR) is 71.8 cm³/mol. The number of aromatic amines is 2. The second kappa shape index (κ2) is 3.73. The van der Waals surface area contributed by atoms with Gasteiger partial charge in [-0.2, -0.15) is 0 Å². The van der Waals surface area contributed by atoms with Crippen LogP contribution in [0.1, 0.15) is 26.8 Å². The Morgan fingerprint density at radius 3 is 2.83 bits per heavy atom. The van der Waals surface area contributed by atoms with Gasteiger partial charge in [0, 0.05) is 17.6 Å². The van der Waals surface area contributed by atoms with Crippen LogP contribution >= 0.6 is 0 Å². The summed E-state index contributed by atoms with van der Waals surface area (Å²) in [5.74, 6) is 0.392. The van der Waals surface area contributed by atoms with E-state index in [1.54, 1.807) is 6.20 Å². The molecule has 0 bridgehead atoms. The van der Waals surface area contributed by atoms with Crippen molar-refractivity contribution in [2.24, 2.45) is 5.92 Å². The van der Waals surface area contributed by atoms with Gasteiger partial charge in [0.15, 0.2) is 0 Å². The number of pyridine rings is 1. The molecule has 0 unspecified atom stereocenters. The molecule has 3 aromatic rings. The number of hydrogen-bond donors (Lipinski definition) is 2. The zero-order valence-corrected chi connectivity index (χ0v) is 10.7. The highest BCUT2D eigenvalue weighted by Crippen LogP contribution is 2.25. The molecule has 0 radical (unpaired) electrons. The highest BCUT2D eigenvalue weighted by molar-refractivity contribution is 6.00. The zero-order valence-electron chi connectivity index (χ0n) is 10.7. The number of aromatic nitrogens is 4. The Bertz CT molecular complexity index is 762. The maximum absolute atomic E-state index is 12.1. The first kappa shape index (κ1) is 11.1. The van der Waals surface area contributed by atoms with Gasteiger partial charge in [0.05, 0.1) is 17.2 Å². The van der Waals surface area contributed by atoms with E-state index in [1.807, 2.05) is 16.8 Å². The van der Waals surface area contributed by atoms with E-state index in [9.17, 15) is 4.79 Å². The monoisotopic (exact) mass is 244 g/mol. The van der Waals surface area contributed by atoms with Crippen LogP contribution in [0, 0.1) is 5.92 Å². The molecule has 1 atom stereocenters. The summed E-state index contributed by atoms with van der Waals surface area (Å²) in [4.78, 5) is 22.4. The molecule has 0 aromatic carbocycles. The van der Waals surface area contributed by atoms with Gasteiger partial charge in [-0.15, -0.1) is 0 Å². The molecule has 5 heteroatoms. The summed E-state index contributed by atoms with van der Waals surface area (Å²) >= 11 is 0. The van der Waals surface area contributed by atoms with Crippen molar-refractivity contribution in [1.29, 1.82) is 0 Å². The van der Waals surface area contributed by atoms with Crippen LogP contribution in [0.4, 0.5) is 0 Å². The highest BCUT2D eigenvalue weighted by Gasteiger charge is 2.18. The first-order valence-electron chi connectivity index (χ1n) is 6.16. The maximum atomic E-state index is 12.1. The third-order valence-corrected chi connectivity index (χ3v) is 3.63. The Balaban J connectivity index is 2.45. The Morgan fingerprint density at radius 1 is 1.33 bits per heavy atom. The van der Waals surface area contributed by atoms with E-state index in [-0.39, 0.29) is 11.7 Å². The standard InChI is InChI=1S/C13H16N4O/c1-7(2)8(3)17-11-9-4-5-14-12(9)15-6-10(11)16-13(17)18/h4-8H,1-3H3,(H,14,15)(H,16,18)/t8-/m1/s1. The van der Waals surface area contributed by atoms with Crippen LogP contribution in [0.2, 0.25) is 0 Å². The van der Waals surface area contributed by atoms with Crippen molar-refractivity contribution in [3.63, 3.8) is 0 Å². The quantitative estimate of drug-likeness (QED) is 0.727. The largest absolute Gasteiger partial charge is 0.346 e. The molecule has 0 spiro atoms. The van der Waals surface area contributed by atoms with Crippen LogP contribution in [0.15, 0.2) is 23.3 Å². The summed E-state index contributed by atoms with van der Waals surface area (Å²) in [5, 5.41) is 0.985. The van der Waals surface area contributed by atoms with Gasteiger partial charge in [-0.3, -0.25) is 4.57 Å². The molecular formula is C13H16N4O. The minimum atomic E-state index is -0.0679. The van der Waals surface area contributed by atoms with E-state index in [2.05, 4.69) is 35.7 Å². The Hall–Kier alpha value is -2.04. The first-order chi connectivity index (χ1) is 8.59. The van der Waals surface area contributed by atoms with Crippen molar-refractivity contribution in [2.75, 3.05) is 0 Å². The second-order valence-corrected chi connectivity index (χ2v) is 5.05. The molecule has 5 nitrogen and oxygen atoms in total. The third-order valence-electron chi connectivity index (χ3n) is 3.63. The van der Waals surface area contributed by atoms with Crippen LogP contribution in [-0.4, -0.2) is 19.5 Å². The number of H-pyrrole nitrogens is 2. The SMILES string of the molecule is CC(C)[C@@H](C)n1c(=O)[nH]c2cnc3[nH]ccc3c21. The van der Waals surface area contributed by atoms with E-state index < -0.39 is 0 Å². The van der Waals surface area contributed by atoms with Crippen molar-refractivity contribution >= 4 is 22.1 Å². The number of nitrogens with one attached hydrogen (secondary N) is 2. The molecule has 3 rings (SSSR count). The molecule has 0 amide bonds. The molecule has 0 aliphatic heterocycles. The summed E-state index contributed by atoms with van der Waals surface area (Å²) in [6.45, 7) is 6.30. The fourth-order valence-electron chi connectivity index (χ4n) is 2.31. The molecule has 18 heavy (non-hydrogen) atoms. The van der Waals surface area contributed by atoms with Crippen molar-refractivity contribution in [1.82, 2.24) is 19.5 Å². The summed E-state index contributed by atoms with van der Waals surface area (Å²) < 4.78 is 1.83. The maximum Gasteiger partial charge on any atom is 0.326 e. The minimum absolute atomic E-state index is 0.0679. The lowest BCUT2D eigenvalue weighted by molar-refractivity contribution is 0.409. The van der Waals surface area contributed by atoms with Gasteiger partial charge in [0.2, 0.25) is 0 Å². The number of imidazole rings is 1. The molecular weight excluding hydrogens is 228 g/mol. The lowest BCUT2D eigenvalue weighted by atomic mass is 10.1. The van der Waals surface area contributed by atoms with Crippen molar-refractivity contribution in [2.45, 2.75) is 26.8 Å². The lowest BCUT2D eigenvalue weighted by Crippen LogP contribution is -2.23. The molecule has 0 aliphatic carbocycles. The first-order valence-corrected chi connectivity index (χ1v) is 6.16. The average molecular weight is 244 g/mol. The number of rotatable bonds is 2. The Labute approximate surface area is 104 Å². The molecule has 2 N–H and O–H groups in total. The topological polar surface area (TPSA) is 66.5 Å². The molecule has 0 saturated heterocycles. The summed E-state index contributed by atoms with van der Waals surface area (Å²) in [6.07, 6.45) is 3.55. The summed E-state index contributed by atoms with van der Waals surface area (Å²) in [6, 6.07) is 2.10. The number of fused-ring (bicyclic) bond motifs is 3. The average Bonchev–Trinajstić information content (AvgIpc) is 2.89. The molecule has 0 saturated carbocycles. The lowest BCUT2D eigenvalue weighted by Gasteiger charge is -2.17. The number of nitrogens with zero attached hydrogens (tertiary/aromatic N) is 2. The molecule has 3 aromatic heterocycles. The Kier molecular flexibility index (Phi) is 2.29. The van der Waals surface area contributed by atoms with Crippen molar-refractivity contribution in [3.05, 3.63) is 28.9 Å². The minimum Gasteiger partial charge on any atom is -0.346 e. The van der Waals surface area contributed by atoms with Gasteiger partial charge >= 0.3 is 5.69 Å². The summed E-state index contributed by atoms with van der Waals surface area (Å²) in [7, 11) is 0. The van der Waals surface area contributed by atoms with Crippen LogP contribution in [0.25, 0.3) is 22.1 Å². The third kappa shape index (κ3) is 1.40. The van der Waals surface area contributed by atoms with Gasteiger partial charge in [0.1, 0.15) is 5.65 Å². The van der Waals surface area contributed by atoms with Crippen LogP contribution < -0.4 is 5.69 Å². The van der Waals surface area contributed by atoms with E-state index in [0.717, 1.165) is 22.1 Å². The fourth-order valence-corrected chi connectivity index (χ4v) is 2.31. The molecule has 0 aliphatic rings. The van der Waals surface area contributed by atoms with E-state index >= 15 is 0 Å². The zero-order chi connectivity index (χ0) is 12.9. The van der Waals surface area contributed by atoms with Crippen molar-refractivity contribution < 1.29 is 0 Å². The Morgan fingerprint density at radius 2 is 2.11 bits per heavy atom. The van der Waals surface area contributed by atoms with Gasteiger partial charge < -0.3 is 9.97 Å². The van der Waals surface area contributed by atoms with Crippen LogP contribution in [0.5, 0.6) is 0 Å². The van der Waals surface area contributed by atoms with Crippen LogP contribution in [-0.2, 0) is 0 Å². The fraction of sp³-hybridized carbons (Fsp3) is 0.385. The van der Waals surface area contributed by atoms with Gasteiger partial charge in [-0.1, -0.05) is 13.8 Å². The highest BCUT2D eigenvalue weighted by atomic mass is 16.1. The van der Waals surface area contributed by atoms with Gasteiger partial charge in [-0.05, 0) is 18.9 Å². The van der Waals surface area contributed by atoms with E-state index in [1.165, 1.54) is 0 Å². The second-order valence-electron chi connectivity index (χ2n) is 5.05. The normalized spacial score (nSPS) is 13.8. The summed E-state index contributed by atoms with van der Waals surface area (Å²) in [5.41, 5.74) is 2.47. The van der Waals surface area contributed by atoms with E-state index in [0.29, 0.717) is 5.92 Å². The van der Waals surface area contributed by atoms with Crippen molar-refractivity contribution in [3.8, 4) is 0 Å².